The van der Waals surface area contributed by atoms with Crippen molar-refractivity contribution in [2.45, 2.75) is 18.9 Å². The Morgan fingerprint density at radius 1 is 1.19 bits per heavy atom. The fourth-order valence-corrected chi connectivity index (χ4v) is 4.63. The van der Waals surface area contributed by atoms with Gasteiger partial charge in [-0.15, -0.1) is 0 Å². The fourth-order valence-electron chi connectivity index (χ4n) is 4.63. The lowest BCUT2D eigenvalue weighted by Gasteiger charge is -2.06. The number of ether oxygens (including phenoxy) is 1. The van der Waals surface area contributed by atoms with E-state index in [0.29, 0.717) is 28.9 Å². The molecule has 0 radical (unpaired) electrons. The highest BCUT2D eigenvalue weighted by atomic mass is 16.5. The van der Waals surface area contributed by atoms with Crippen LogP contribution in [0.5, 0.6) is 5.75 Å². The Morgan fingerprint density at radius 2 is 2.00 bits per heavy atom. The molecular weight excluding hydrogens is 396 g/mol. The monoisotopic (exact) mass is 416 g/mol. The van der Waals surface area contributed by atoms with Crippen molar-refractivity contribution in [3.8, 4) is 5.75 Å². The molecule has 3 atom stereocenters. The highest BCUT2D eigenvalue weighted by Crippen LogP contribution is 2.62. The summed E-state index contributed by atoms with van der Waals surface area (Å²) < 4.78 is 13.8. The molecule has 0 aliphatic heterocycles. The maximum atomic E-state index is 12.7. The van der Waals surface area contributed by atoms with Crippen LogP contribution in [0, 0.1) is 11.8 Å². The third kappa shape index (κ3) is 2.88. The molecule has 0 N–H and O–H groups in total. The minimum absolute atomic E-state index is 0.180. The molecule has 0 amide bonds. The van der Waals surface area contributed by atoms with Crippen LogP contribution in [0.1, 0.15) is 29.6 Å². The molecule has 3 aromatic heterocycles. The summed E-state index contributed by atoms with van der Waals surface area (Å²) in [5, 5.41) is 4.19. The number of imidazole rings is 1. The summed E-state index contributed by atoms with van der Waals surface area (Å²) >= 11 is 0. The van der Waals surface area contributed by atoms with E-state index in [1.54, 1.807) is 25.1 Å². The van der Waals surface area contributed by atoms with Gasteiger partial charge in [0.2, 0.25) is 5.89 Å². The predicted molar refractivity (Wildman–Crippen MR) is 111 cm³/mol. The maximum absolute atomic E-state index is 12.7. The smallest absolute Gasteiger partial charge is 0.280 e. The van der Waals surface area contributed by atoms with E-state index in [1.807, 2.05) is 12.1 Å². The van der Waals surface area contributed by atoms with Gasteiger partial charge in [-0.25, -0.2) is 9.97 Å². The van der Waals surface area contributed by atoms with Crippen LogP contribution in [0.15, 0.2) is 52.3 Å². The molecule has 9 heteroatoms. The number of benzene rings is 1. The zero-order valence-corrected chi connectivity index (χ0v) is 17.1. The van der Waals surface area contributed by atoms with Crippen LogP contribution in [-0.2, 0) is 13.6 Å². The van der Waals surface area contributed by atoms with E-state index in [1.165, 1.54) is 22.0 Å². The van der Waals surface area contributed by atoms with Crippen molar-refractivity contribution in [1.82, 2.24) is 29.2 Å². The van der Waals surface area contributed by atoms with Gasteiger partial charge in [0, 0.05) is 13.0 Å². The number of fused-ring (bicyclic) bond motifs is 2. The predicted octanol–water partition coefficient (Wildman–Crippen LogP) is 2.39. The molecule has 0 saturated heterocycles. The summed E-state index contributed by atoms with van der Waals surface area (Å²) in [6.07, 6.45) is 6.38. The van der Waals surface area contributed by atoms with Crippen LogP contribution in [0.4, 0.5) is 0 Å². The zero-order valence-electron chi connectivity index (χ0n) is 17.1. The molecule has 0 spiro atoms. The molecule has 4 aromatic rings. The Bertz CT molecular complexity index is 1380. The van der Waals surface area contributed by atoms with Crippen molar-refractivity contribution in [3.63, 3.8) is 0 Å². The van der Waals surface area contributed by atoms with E-state index in [9.17, 15) is 4.79 Å². The normalized spacial score (nSPS) is 21.9. The van der Waals surface area contributed by atoms with Gasteiger partial charge in [0.25, 0.3) is 5.56 Å². The molecule has 0 unspecified atom stereocenters. The number of hydrogen-bond acceptors (Lipinski definition) is 7. The Labute approximate surface area is 177 Å². The second-order valence-corrected chi connectivity index (χ2v) is 8.14. The van der Waals surface area contributed by atoms with Crippen LogP contribution >= 0.6 is 0 Å². The second kappa shape index (κ2) is 6.63. The molecule has 1 fully saturated rings. The Kier molecular flexibility index (Phi) is 3.86. The summed E-state index contributed by atoms with van der Waals surface area (Å²) in [6, 6.07) is 8.18. The van der Waals surface area contributed by atoms with E-state index in [-0.39, 0.29) is 18.0 Å². The molecule has 3 heterocycles. The van der Waals surface area contributed by atoms with Gasteiger partial charge >= 0.3 is 0 Å². The number of hydrogen-bond donors (Lipinski definition) is 0. The SMILES string of the molecule is COc1ccc(C2=C[C@H]3[C@@H](C2)[C@@H]3c2noc(Cn3cnc4ncn(C)c4c3=O)n2)cc1. The Hall–Kier alpha value is -3.75. The first-order valence-corrected chi connectivity index (χ1v) is 10.2. The minimum Gasteiger partial charge on any atom is -0.497 e. The van der Waals surface area contributed by atoms with Gasteiger partial charge in [0.05, 0.1) is 13.4 Å². The first-order chi connectivity index (χ1) is 15.1. The summed E-state index contributed by atoms with van der Waals surface area (Å²) in [7, 11) is 3.44. The van der Waals surface area contributed by atoms with Gasteiger partial charge < -0.3 is 13.8 Å². The molecule has 1 aromatic carbocycles. The topological polar surface area (TPSA) is 101 Å². The first-order valence-electron chi connectivity index (χ1n) is 10.2. The second-order valence-electron chi connectivity index (χ2n) is 8.14. The van der Waals surface area contributed by atoms with Crippen LogP contribution in [0.25, 0.3) is 16.7 Å². The maximum Gasteiger partial charge on any atom is 0.280 e. The van der Waals surface area contributed by atoms with Gasteiger partial charge in [0.15, 0.2) is 17.0 Å². The quantitative estimate of drug-likeness (QED) is 0.492. The molecule has 1 saturated carbocycles. The van der Waals surface area contributed by atoms with Gasteiger partial charge in [0.1, 0.15) is 18.6 Å². The minimum atomic E-state index is -0.180. The number of methoxy groups -OCH3 is 1. The number of aryl methyl sites for hydroxylation is 1. The number of rotatable bonds is 5. The summed E-state index contributed by atoms with van der Waals surface area (Å²) in [4.78, 5) is 25.6. The highest BCUT2D eigenvalue weighted by Gasteiger charge is 2.55. The first kappa shape index (κ1) is 18.1. The highest BCUT2D eigenvalue weighted by molar-refractivity contribution is 5.71. The lowest BCUT2D eigenvalue weighted by atomic mass is 10.0. The van der Waals surface area contributed by atoms with E-state index < -0.39 is 0 Å². The summed E-state index contributed by atoms with van der Waals surface area (Å²) in [6.45, 7) is 0.189. The number of aromatic nitrogens is 6. The lowest BCUT2D eigenvalue weighted by molar-refractivity contribution is 0.364. The van der Waals surface area contributed by atoms with Crippen LogP contribution in [0.3, 0.4) is 0 Å². The molecule has 9 nitrogen and oxygen atoms in total. The van der Waals surface area contributed by atoms with Crippen molar-refractivity contribution in [2.75, 3.05) is 7.11 Å². The number of allylic oxidation sites excluding steroid dienone is 2. The number of nitrogens with zero attached hydrogens (tertiary/aromatic N) is 6. The molecular formula is C22H20N6O3. The fraction of sp³-hybridized carbons (Fsp3) is 0.318. The van der Waals surface area contributed by atoms with Crippen molar-refractivity contribution < 1.29 is 9.26 Å². The Balaban J connectivity index is 1.18. The van der Waals surface area contributed by atoms with Gasteiger partial charge in [-0.1, -0.05) is 23.4 Å². The van der Waals surface area contributed by atoms with Crippen molar-refractivity contribution >= 4 is 16.7 Å². The third-order valence-corrected chi connectivity index (χ3v) is 6.33. The van der Waals surface area contributed by atoms with Gasteiger partial charge in [-0.3, -0.25) is 9.36 Å². The third-order valence-electron chi connectivity index (χ3n) is 6.33. The zero-order chi connectivity index (χ0) is 21.1. The molecule has 31 heavy (non-hydrogen) atoms. The van der Waals surface area contributed by atoms with Crippen molar-refractivity contribution in [2.24, 2.45) is 18.9 Å². The average Bonchev–Trinajstić information content (AvgIpc) is 3.21. The standard InChI is InChI=1S/C22H20N6O3/c1-27-10-23-21-19(27)22(29)28(11-24-21)9-17-25-20(26-31-17)18-15-7-13(8-16(15)18)12-3-5-14(30-2)6-4-12/h3-7,10-11,15-16,18H,8-9H2,1-2H3/t15-,16+,18+/m0/s1. The summed E-state index contributed by atoms with van der Waals surface area (Å²) in [5.74, 6) is 3.23. The molecule has 0 bridgehead atoms. The molecule has 156 valence electrons. The molecule has 2 aliphatic carbocycles. The van der Waals surface area contributed by atoms with E-state index in [2.05, 4.69) is 38.3 Å². The van der Waals surface area contributed by atoms with Crippen molar-refractivity contribution in [3.05, 3.63) is 70.6 Å². The van der Waals surface area contributed by atoms with Crippen molar-refractivity contribution in [1.29, 1.82) is 0 Å². The van der Waals surface area contributed by atoms with Crippen LogP contribution in [-0.4, -0.2) is 36.4 Å². The molecule has 2 aliphatic rings. The lowest BCUT2D eigenvalue weighted by Crippen LogP contribution is -2.22. The largest absolute Gasteiger partial charge is 0.497 e. The van der Waals surface area contributed by atoms with Gasteiger partial charge in [-0.2, -0.15) is 4.98 Å². The average molecular weight is 416 g/mol. The van der Waals surface area contributed by atoms with E-state index >= 15 is 0 Å². The van der Waals surface area contributed by atoms with Gasteiger partial charge in [-0.05, 0) is 41.5 Å². The van der Waals surface area contributed by atoms with Crippen LogP contribution < -0.4 is 10.3 Å². The molecule has 6 rings (SSSR count). The van der Waals surface area contributed by atoms with E-state index in [0.717, 1.165) is 18.0 Å². The summed E-state index contributed by atoms with van der Waals surface area (Å²) in [5.41, 5.74) is 3.30. The van der Waals surface area contributed by atoms with E-state index in [4.69, 9.17) is 9.26 Å². The van der Waals surface area contributed by atoms with Crippen LogP contribution in [0.2, 0.25) is 0 Å². The Morgan fingerprint density at radius 3 is 2.74 bits per heavy atom.